The van der Waals surface area contributed by atoms with Crippen molar-refractivity contribution < 1.29 is 9.53 Å². The molecule has 1 aromatic heterocycles. The van der Waals surface area contributed by atoms with E-state index in [0.29, 0.717) is 17.0 Å². The molecule has 1 amide bonds. The van der Waals surface area contributed by atoms with E-state index in [1.807, 2.05) is 32.0 Å². The van der Waals surface area contributed by atoms with Crippen LogP contribution in [0.4, 0.5) is 5.95 Å². The quantitative estimate of drug-likeness (QED) is 0.936. The zero-order valence-corrected chi connectivity index (χ0v) is 14.2. The van der Waals surface area contributed by atoms with Crippen molar-refractivity contribution in [3.63, 3.8) is 0 Å². The average Bonchev–Trinajstić information content (AvgIpc) is 2.47. The molecule has 0 spiro atoms. The Balaban J connectivity index is 2.35. The lowest BCUT2D eigenvalue weighted by molar-refractivity contribution is 0.0823. The van der Waals surface area contributed by atoms with E-state index in [2.05, 4.69) is 9.97 Å². The largest absolute Gasteiger partial charge is 0.487 e. The summed E-state index contributed by atoms with van der Waals surface area (Å²) in [6, 6.07) is 5.98. The molecule has 0 bridgehead atoms. The number of nitrogens with zero attached hydrogens (tertiary/aromatic N) is 3. The zero-order valence-electron chi connectivity index (χ0n) is 14.2. The summed E-state index contributed by atoms with van der Waals surface area (Å²) in [6.07, 6.45) is 0. The number of ether oxygens (including phenoxy) is 1. The van der Waals surface area contributed by atoms with Gasteiger partial charge in [-0.05, 0) is 38.0 Å². The van der Waals surface area contributed by atoms with Gasteiger partial charge in [-0.15, -0.1) is 0 Å². The number of anilines is 1. The van der Waals surface area contributed by atoms with E-state index < -0.39 is 0 Å². The van der Waals surface area contributed by atoms with Gasteiger partial charge in [0.1, 0.15) is 12.4 Å². The predicted octanol–water partition coefficient (Wildman–Crippen LogP) is 2.26. The van der Waals surface area contributed by atoms with Crippen LogP contribution in [0.15, 0.2) is 18.2 Å². The standard InChI is InChI=1S/C17H22N4O2/c1-10-6-7-11(2)14(8-10)23-9-13-15(16(22)21(4)5)12(3)19-17(18)20-13/h6-8H,9H2,1-5H3,(H2,18,19,20). The maximum atomic E-state index is 12.4. The monoisotopic (exact) mass is 314 g/mol. The second-order valence-corrected chi connectivity index (χ2v) is 5.75. The number of nitrogen functional groups attached to an aromatic ring is 1. The first-order valence-electron chi connectivity index (χ1n) is 7.34. The first-order valence-corrected chi connectivity index (χ1v) is 7.34. The van der Waals surface area contributed by atoms with E-state index >= 15 is 0 Å². The lowest BCUT2D eigenvalue weighted by Crippen LogP contribution is -2.26. The molecule has 0 saturated carbocycles. The van der Waals surface area contributed by atoms with E-state index in [-0.39, 0.29) is 18.5 Å². The number of rotatable bonds is 4. The molecule has 0 aliphatic rings. The predicted molar refractivity (Wildman–Crippen MR) is 89.4 cm³/mol. The van der Waals surface area contributed by atoms with Crippen LogP contribution in [0.3, 0.4) is 0 Å². The lowest BCUT2D eigenvalue weighted by Gasteiger charge is -2.16. The van der Waals surface area contributed by atoms with Crippen LogP contribution in [0.2, 0.25) is 0 Å². The Bertz CT molecular complexity index is 742. The summed E-state index contributed by atoms with van der Waals surface area (Å²) in [5.74, 6) is 0.738. The smallest absolute Gasteiger partial charge is 0.257 e. The third kappa shape index (κ3) is 3.77. The SMILES string of the molecule is Cc1ccc(C)c(OCc2nc(N)nc(C)c2C(=O)N(C)C)c1. The summed E-state index contributed by atoms with van der Waals surface area (Å²) in [7, 11) is 3.38. The number of amides is 1. The summed E-state index contributed by atoms with van der Waals surface area (Å²) in [4.78, 5) is 22.2. The number of carbonyl (C=O) groups excluding carboxylic acids is 1. The Kier molecular flexibility index (Phi) is 4.83. The molecule has 2 rings (SSSR count). The van der Waals surface area contributed by atoms with E-state index in [4.69, 9.17) is 10.5 Å². The van der Waals surface area contributed by atoms with Gasteiger partial charge in [-0.3, -0.25) is 4.79 Å². The van der Waals surface area contributed by atoms with Crippen molar-refractivity contribution in [3.05, 3.63) is 46.3 Å². The van der Waals surface area contributed by atoms with Gasteiger partial charge in [-0.25, -0.2) is 9.97 Å². The summed E-state index contributed by atoms with van der Waals surface area (Å²) >= 11 is 0. The van der Waals surface area contributed by atoms with Crippen molar-refractivity contribution in [2.45, 2.75) is 27.4 Å². The lowest BCUT2D eigenvalue weighted by atomic mass is 10.1. The minimum absolute atomic E-state index is 0.136. The molecule has 2 N–H and O–H groups in total. The molecule has 6 heteroatoms. The zero-order chi connectivity index (χ0) is 17.1. The Labute approximate surface area is 136 Å². The fraction of sp³-hybridized carbons (Fsp3) is 0.353. The van der Waals surface area contributed by atoms with Crippen LogP contribution < -0.4 is 10.5 Å². The molecule has 23 heavy (non-hydrogen) atoms. The van der Waals surface area contributed by atoms with Gasteiger partial charge in [0.05, 0.1) is 17.0 Å². The summed E-state index contributed by atoms with van der Waals surface area (Å²) in [5.41, 5.74) is 9.34. The van der Waals surface area contributed by atoms with E-state index in [1.54, 1.807) is 21.0 Å². The number of hydrogen-bond donors (Lipinski definition) is 1. The van der Waals surface area contributed by atoms with Crippen molar-refractivity contribution >= 4 is 11.9 Å². The van der Waals surface area contributed by atoms with Gasteiger partial charge in [0.2, 0.25) is 5.95 Å². The van der Waals surface area contributed by atoms with Crippen molar-refractivity contribution in [2.24, 2.45) is 0 Å². The molecule has 0 saturated heterocycles. The van der Waals surface area contributed by atoms with Gasteiger partial charge in [-0.1, -0.05) is 12.1 Å². The Morgan fingerprint density at radius 2 is 1.91 bits per heavy atom. The molecule has 0 radical (unpaired) electrons. The fourth-order valence-corrected chi connectivity index (χ4v) is 2.27. The van der Waals surface area contributed by atoms with Gasteiger partial charge in [0.15, 0.2) is 0 Å². The molecule has 1 aromatic carbocycles. The highest BCUT2D eigenvalue weighted by atomic mass is 16.5. The maximum Gasteiger partial charge on any atom is 0.257 e. The molecular weight excluding hydrogens is 292 g/mol. The molecule has 2 aromatic rings. The molecule has 0 unspecified atom stereocenters. The second-order valence-electron chi connectivity index (χ2n) is 5.75. The topological polar surface area (TPSA) is 81.3 Å². The highest BCUT2D eigenvalue weighted by Gasteiger charge is 2.20. The third-order valence-corrected chi connectivity index (χ3v) is 3.51. The number of hydrogen-bond acceptors (Lipinski definition) is 5. The number of benzene rings is 1. The fourth-order valence-electron chi connectivity index (χ4n) is 2.27. The molecule has 0 aliphatic carbocycles. The molecule has 0 aliphatic heterocycles. The first kappa shape index (κ1) is 16.7. The molecule has 0 atom stereocenters. The van der Waals surface area contributed by atoms with Crippen LogP contribution in [0.5, 0.6) is 5.75 Å². The van der Waals surface area contributed by atoms with Crippen molar-refractivity contribution in [2.75, 3.05) is 19.8 Å². The minimum Gasteiger partial charge on any atom is -0.487 e. The first-order chi connectivity index (χ1) is 10.8. The van der Waals surface area contributed by atoms with Gasteiger partial charge >= 0.3 is 0 Å². The Morgan fingerprint density at radius 3 is 2.57 bits per heavy atom. The van der Waals surface area contributed by atoms with Crippen molar-refractivity contribution in [1.82, 2.24) is 14.9 Å². The number of aromatic nitrogens is 2. The van der Waals surface area contributed by atoms with Gasteiger partial charge in [0.25, 0.3) is 5.91 Å². The van der Waals surface area contributed by atoms with E-state index in [1.165, 1.54) is 4.90 Å². The van der Waals surface area contributed by atoms with Crippen LogP contribution in [0, 0.1) is 20.8 Å². The number of nitrogens with two attached hydrogens (primary N) is 1. The van der Waals surface area contributed by atoms with Gasteiger partial charge in [0, 0.05) is 14.1 Å². The minimum atomic E-state index is -0.165. The number of aryl methyl sites for hydroxylation is 3. The molecule has 0 fully saturated rings. The normalized spacial score (nSPS) is 10.5. The highest BCUT2D eigenvalue weighted by molar-refractivity contribution is 5.96. The molecule has 122 valence electrons. The summed E-state index contributed by atoms with van der Waals surface area (Å²) in [5, 5.41) is 0. The van der Waals surface area contributed by atoms with Crippen LogP contribution in [-0.2, 0) is 6.61 Å². The molecule has 6 nitrogen and oxygen atoms in total. The van der Waals surface area contributed by atoms with Crippen LogP contribution in [0.1, 0.15) is 32.9 Å². The molecule has 1 heterocycles. The highest BCUT2D eigenvalue weighted by Crippen LogP contribution is 2.22. The Morgan fingerprint density at radius 1 is 1.22 bits per heavy atom. The Hall–Kier alpha value is -2.63. The molecular formula is C17H22N4O2. The van der Waals surface area contributed by atoms with Crippen molar-refractivity contribution in [3.8, 4) is 5.75 Å². The van der Waals surface area contributed by atoms with Crippen molar-refractivity contribution in [1.29, 1.82) is 0 Å². The van der Waals surface area contributed by atoms with Gasteiger partial charge in [-0.2, -0.15) is 0 Å². The second kappa shape index (κ2) is 6.64. The van der Waals surface area contributed by atoms with Crippen LogP contribution in [-0.4, -0.2) is 34.9 Å². The average molecular weight is 314 g/mol. The number of carbonyl (C=O) groups is 1. The summed E-state index contributed by atoms with van der Waals surface area (Å²) < 4.78 is 5.87. The van der Waals surface area contributed by atoms with Crippen LogP contribution in [0.25, 0.3) is 0 Å². The summed E-state index contributed by atoms with van der Waals surface area (Å²) in [6.45, 7) is 5.88. The van der Waals surface area contributed by atoms with E-state index in [0.717, 1.165) is 16.9 Å². The van der Waals surface area contributed by atoms with Crippen LogP contribution >= 0.6 is 0 Å². The maximum absolute atomic E-state index is 12.4. The van der Waals surface area contributed by atoms with E-state index in [9.17, 15) is 4.79 Å². The third-order valence-electron chi connectivity index (χ3n) is 3.51. The van der Waals surface area contributed by atoms with Gasteiger partial charge < -0.3 is 15.4 Å².